The predicted octanol–water partition coefficient (Wildman–Crippen LogP) is 1.02. The van der Waals surface area contributed by atoms with Gasteiger partial charge in [-0.25, -0.2) is 8.42 Å². The van der Waals surface area contributed by atoms with Gasteiger partial charge in [-0.15, -0.1) is 0 Å². The highest BCUT2D eigenvalue weighted by Gasteiger charge is 2.23. The van der Waals surface area contributed by atoms with Crippen molar-refractivity contribution in [1.29, 1.82) is 5.26 Å². The number of hydrogen-bond acceptors (Lipinski definition) is 5. The van der Waals surface area contributed by atoms with Gasteiger partial charge in [0, 0.05) is 19.1 Å². The molecule has 1 unspecified atom stereocenters. The molecule has 1 aromatic rings. The number of rotatable bonds is 6. The Balaban J connectivity index is 2.01. The van der Waals surface area contributed by atoms with Gasteiger partial charge in [0.05, 0.1) is 22.3 Å². The molecule has 1 aliphatic rings. The van der Waals surface area contributed by atoms with Crippen LogP contribution in [0, 0.1) is 11.3 Å². The Kier molecular flexibility index (Phi) is 5.34. The lowest BCUT2D eigenvalue weighted by atomic mass is 10.2. The van der Waals surface area contributed by atoms with Crippen LogP contribution in [-0.4, -0.2) is 51.3 Å². The molecule has 0 bridgehead atoms. The third-order valence-electron chi connectivity index (χ3n) is 3.95. The summed E-state index contributed by atoms with van der Waals surface area (Å²) >= 11 is 0. The van der Waals surface area contributed by atoms with Gasteiger partial charge in [-0.1, -0.05) is 6.92 Å². The van der Waals surface area contributed by atoms with Crippen LogP contribution < -0.4 is 5.32 Å². The molecule has 0 aliphatic carbocycles. The Bertz CT molecular complexity index is 599. The van der Waals surface area contributed by atoms with Crippen molar-refractivity contribution in [3.63, 3.8) is 0 Å². The first-order chi connectivity index (χ1) is 10.1. The Labute approximate surface area is 126 Å². The Morgan fingerprint density at radius 2 is 2.10 bits per heavy atom. The number of nitriles is 1. The average molecular weight is 307 g/mol. The van der Waals surface area contributed by atoms with Crippen molar-refractivity contribution < 1.29 is 8.42 Å². The summed E-state index contributed by atoms with van der Waals surface area (Å²) in [6, 6.07) is 8.55. The summed E-state index contributed by atoms with van der Waals surface area (Å²) in [4.78, 5) is 2.52. The molecule has 21 heavy (non-hydrogen) atoms. The molecule has 0 amide bonds. The topological polar surface area (TPSA) is 73.2 Å². The van der Waals surface area contributed by atoms with E-state index in [2.05, 4.69) is 17.1 Å². The number of likely N-dealkylation sites (N-methyl/N-ethyl adjacent to an activating group) is 1. The van der Waals surface area contributed by atoms with Crippen molar-refractivity contribution in [2.75, 3.05) is 31.9 Å². The second kappa shape index (κ2) is 7.03. The third-order valence-corrected chi connectivity index (χ3v) is 5.66. The molecule has 0 spiro atoms. The Morgan fingerprint density at radius 3 is 2.62 bits per heavy atom. The highest BCUT2D eigenvalue weighted by molar-refractivity contribution is 7.91. The monoisotopic (exact) mass is 307 g/mol. The molecule has 6 heteroatoms. The molecule has 0 aromatic heterocycles. The highest BCUT2D eigenvalue weighted by atomic mass is 32.2. The van der Waals surface area contributed by atoms with Gasteiger partial charge in [-0.05, 0) is 43.8 Å². The maximum absolute atomic E-state index is 12.3. The Morgan fingerprint density at radius 1 is 1.38 bits per heavy atom. The van der Waals surface area contributed by atoms with Crippen LogP contribution in [0.2, 0.25) is 0 Å². The zero-order chi connectivity index (χ0) is 15.3. The SMILES string of the molecule is CCN(CCS(=O)(=O)c1ccc(C#N)cc1)C1CCNC1. The van der Waals surface area contributed by atoms with Gasteiger partial charge in [-0.2, -0.15) is 5.26 Å². The number of nitrogens with one attached hydrogen (secondary N) is 1. The second-order valence-corrected chi connectivity index (χ2v) is 7.34. The molecule has 1 aromatic carbocycles. The molecule has 1 fully saturated rings. The molecule has 1 saturated heterocycles. The fourth-order valence-corrected chi connectivity index (χ4v) is 3.90. The van der Waals surface area contributed by atoms with E-state index in [0.29, 0.717) is 23.0 Å². The molecule has 1 aliphatic heterocycles. The summed E-state index contributed by atoms with van der Waals surface area (Å²) in [5.74, 6) is 0.114. The minimum Gasteiger partial charge on any atom is -0.315 e. The zero-order valence-corrected chi connectivity index (χ0v) is 13.1. The van der Waals surface area contributed by atoms with Crippen LogP contribution in [0.1, 0.15) is 18.9 Å². The summed E-state index contributed by atoms with van der Waals surface area (Å²) in [6.45, 7) is 5.40. The lowest BCUT2D eigenvalue weighted by Crippen LogP contribution is -2.39. The maximum atomic E-state index is 12.3. The van der Waals surface area contributed by atoms with Gasteiger partial charge in [0.15, 0.2) is 9.84 Å². The molecule has 0 saturated carbocycles. The number of benzene rings is 1. The normalized spacial score (nSPS) is 18.8. The van der Waals surface area contributed by atoms with E-state index >= 15 is 0 Å². The third kappa shape index (κ3) is 4.03. The maximum Gasteiger partial charge on any atom is 0.179 e. The van der Waals surface area contributed by atoms with Crippen molar-refractivity contribution in [3.05, 3.63) is 29.8 Å². The molecule has 1 N–H and O–H groups in total. The van der Waals surface area contributed by atoms with Crippen molar-refractivity contribution in [2.24, 2.45) is 0 Å². The van der Waals surface area contributed by atoms with Gasteiger partial charge in [-0.3, -0.25) is 4.90 Å². The van der Waals surface area contributed by atoms with E-state index in [1.54, 1.807) is 12.1 Å². The van der Waals surface area contributed by atoms with E-state index in [-0.39, 0.29) is 5.75 Å². The van der Waals surface area contributed by atoms with E-state index in [1.165, 1.54) is 12.1 Å². The van der Waals surface area contributed by atoms with E-state index in [4.69, 9.17) is 5.26 Å². The van der Waals surface area contributed by atoms with E-state index < -0.39 is 9.84 Å². The smallest absolute Gasteiger partial charge is 0.179 e. The molecular formula is C15H21N3O2S. The summed E-state index contributed by atoms with van der Waals surface area (Å²) in [5, 5.41) is 12.1. The quantitative estimate of drug-likeness (QED) is 0.849. The molecular weight excluding hydrogens is 286 g/mol. The molecule has 0 radical (unpaired) electrons. The van der Waals surface area contributed by atoms with Crippen molar-refractivity contribution in [1.82, 2.24) is 10.2 Å². The second-order valence-electron chi connectivity index (χ2n) is 5.23. The zero-order valence-electron chi connectivity index (χ0n) is 12.2. The molecule has 1 heterocycles. The summed E-state index contributed by atoms with van der Waals surface area (Å²) in [5.41, 5.74) is 0.473. The van der Waals surface area contributed by atoms with Gasteiger partial charge >= 0.3 is 0 Å². The Hall–Kier alpha value is -1.42. The fraction of sp³-hybridized carbons (Fsp3) is 0.533. The van der Waals surface area contributed by atoms with Crippen LogP contribution in [0.5, 0.6) is 0 Å². The van der Waals surface area contributed by atoms with Crippen molar-refractivity contribution in [3.8, 4) is 6.07 Å². The predicted molar refractivity (Wildman–Crippen MR) is 81.7 cm³/mol. The fourth-order valence-electron chi connectivity index (χ4n) is 2.64. The van der Waals surface area contributed by atoms with Crippen LogP contribution in [-0.2, 0) is 9.84 Å². The lowest BCUT2D eigenvalue weighted by molar-refractivity contribution is 0.232. The largest absolute Gasteiger partial charge is 0.315 e. The summed E-state index contributed by atoms with van der Waals surface area (Å²) in [6.07, 6.45) is 1.07. The van der Waals surface area contributed by atoms with Crippen LogP contribution in [0.4, 0.5) is 0 Å². The van der Waals surface area contributed by atoms with Gasteiger partial charge in [0.1, 0.15) is 0 Å². The van der Waals surface area contributed by atoms with E-state index in [9.17, 15) is 8.42 Å². The van der Waals surface area contributed by atoms with Crippen LogP contribution in [0.25, 0.3) is 0 Å². The molecule has 5 nitrogen and oxygen atoms in total. The minimum atomic E-state index is -3.29. The first-order valence-corrected chi connectivity index (χ1v) is 8.89. The molecule has 2 rings (SSSR count). The van der Waals surface area contributed by atoms with Crippen molar-refractivity contribution in [2.45, 2.75) is 24.3 Å². The van der Waals surface area contributed by atoms with Crippen LogP contribution in [0.15, 0.2) is 29.2 Å². The first-order valence-electron chi connectivity index (χ1n) is 7.24. The molecule has 114 valence electrons. The highest BCUT2D eigenvalue weighted by Crippen LogP contribution is 2.14. The van der Waals surface area contributed by atoms with Crippen molar-refractivity contribution >= 4 is 9.84 Å². The summed E-state index contributed by atoms with van der Waals surface area (Å²) < 4.78 is 24.7. The molecule has 1 atom stereocenters. The average Bonchev–Trinajstić information content (AvgIpc) is 3.02. The minimum absolute atomic E-state index is 0.114. The van der Waals surface area contributed by atoms with Crippen LogP contribution >= 0.6 is 0 Å². The standard InChI is InChI=1S/C15H21N3O2S/c1-2-18(14-7-8-17-12-14)9-10-21(19,20)15-5-3-13(11-16)4-6-15/h3-6,14,17H,2,7-10,12H2,1H3. The van der Waals surface area contributed by atoms with Gasteiger partial charge in [0.2, 0.25) is 0 Å². The lowest BCUT2D eigenvalue weighted by Gasteiger charge is -2.26. The van der Waals surface area contributed by atoms with Gasteiger partial charge in [0.25, 0.3) is 0 Å². The first kappa shape index (κ1) is 16.0. The van der Waals surface area contributed by atoms with Gasteiger partial charge < -0.3 is 5.32 Å². The van der Waals surface area contributed by atoms with E-state index in [1.807, 2.05) is 6.07 Å². The number of nitrogens with zero attached hydrogens (tertiary/aromatic N) is 2. The van der Waals surface area contributed by atoms with Crippen LogP contribution in [0.3, 0.4) is 0 Å². The van der Waals surface area contributed by atoms with E-state index in [0.717, 1.165) is 26.1 Å². The summed E-state index contributed by atoms with van der Waals surface area (Å²) in [7, 11) is -3.29. The number of sulfone groups is 1. The number of hydrogen-bond donors (Lipinski definition) is 1.